The Bertz CT molecular complexity index is 931. The molecule has 0 radical (unpaired) electrons. The van der Waals surface area contributed by atoms with Gasteiger partial charge < -0.3 is 14.8 Å². The Kier molecular flexibility index (Phi) is 3.54. The van der Waals surface area contributed by atoms with E-state index in [9.17, 15) is 9.90 Å². The molecule has 1 aromatic heterocycles. The van der Waals surface area contributed by atoms with Gasteiger partial charge >= 0.3 is 0 Å². The van der Waals surface area contributed by atoms with Crippen LogP contribution < -0.4 is 10.3 Å². The predicted octanol–water partition coefficient (Wildman–Crippen LogP) is 3.87. The second kappa shape index (κ2) is 5.39. The predicted molar refractivity (Wildman–Crippen MR) is 88.0 cm³/mol. The molecule has 0 aliphatic carbocycles. The third-order valence-corrected chi connectivity index (χ3v) is 4.05. The molecule has 0 aliphatic heterocycles. The van der Waals surface area contributed by atoms with Crippen LogP contribution in [0.3, 0.4) is 0 Å². The lowest BCUT2D eigenvalue weighted by Crippen LogP contribution is -2.10. The number of benzene rings is 2. The molecule has 0 saturated heterocycles. The summed E-state index contributed by atoms with van der Waals surface area (Å²) in [5, 5.41) is 11.7. The number of hydrogen-bond donors (Lipinski definition) is 2. The van der Waals surface area contributed by atoms with Crippen LogP contribution >= 0.6 is 11.6 Å². The number of aromatic hydroxyl groups is 1. The number of halogens is 1. The van der Waals surface area contributed by atoms with Gasteiger partial charge in [0.15, 0.2) is 0 Å². The first-order valence-electron chi connectivity index (χ1n) is 6.71. The first kappa shape index (κ1) is 14.5. The number of methoxy groups -OCH3 is 1. The number of rotatable bonds is 2. The van der Waals surface area contributed by atoms with Gasteiger partial charge in [0.1, 0.15) is 11.5 Å². The minimum Gasteiger partial charge on any atom is -0.506 e. The maximum Gasteiger partial charge on any atom is 0.260 e. The van der Waals surface area contributed by atoms with Gasteiger partial charge in [0.25, 0.3) is 5.56 Å². The topological polar surface area (TPSA) is 62.3 Å². The Balaban J connectivity index is 2.40. The molecule has 0 atom stereocenters. The average Bonchev–Trinajstić information content (AvgIpc) is 2.50. The van der Waals surface area contributed by atoms with Crippen molar-refractivity contribution < 1.29 is 9.84 Å². The minimum absolute atomic E-state index is 0.0805. The van der Waals surface area contributed by atoms with Crippen LogP contribution in [0.2, 0.25) is 5.02 Å². The number of fused-ring (bicyclic) bond motifs is 1. The quantitative estimate of drug-likeness (QED) is 0.754. The molecule has 5 heteroatoms. The summed E-state index contributed by atoms with van der Waals surface area (Å²) in [6.45, 7) is 1.84. The number of aromatic nitrogens is 1. The van der Waals surface area contributed by atoms with Crippen molar-refractivity contribution >= 4 is 22.5 Å². The van der Waals surface area contributed by atoms with Gasteiger partial charge in [-0.05, 0) is 30.7 Å². The van der Waals surface area contributed by atoms with E-state index in [1.807, 2.05) is 6.92 Å². The van der Waals surface area contributed by atoms with E-state index in [0.717, 1.165) is 5.56 Å². The van der Waals surface area contributed by atoms with Crippen LogP contribution in [0.15, 0.2) is 41.2 Å². The maximum atomic E-state index is 12.4. The van der Waals surface area contributed by atoms with Gasteiger partial charge in [-0.3, -0.25) is 4.79 Å². The summed E-state index contributed by atoms with van der Waals surface area (Å²) in [6.07, 6.45) is 0. The van der Waals surface area contributed by atoms with E-state index in [-0.39, 0.29) is 11.3 Å². The zero-order valence-electron chi connectivity index (χ0n) is 12.1. The summed E-state index contributed by atoms with van der Waals surface area (Å²) < 4.78 is 5.28. The first-order valence-corrected chi connectivity index (χ1v) is 7.09. The third kappa shape index (κ3) is 2.22. The summed E-state index contributed by atoms with van der Waals surface area (Å²) in [4.78, 5) is 15.2. The minimum atomic E-state index is -0.394. The van der Waals surface area contributed by atoms with E-state index >= 15 is 0 Å². The molecule has 0 aliphatic rings. The molecule has 0 unspecified atom stereocenters. The zero-order chi connectivity index (χ0) is 15.9. The fraction of sp³-hybridized carbons (Fsp3) is 0.118. The normalized spacial score (nSPS) is 10.9. The first-order chi connectivity index (χ1) is 10.5. The lowest BCUT2D eigenvalue weighted by atomic mass is 10.0. The molecule has 1 heterocycles. The molecule has 2 aromatic carbocycles. The van der Waals surface area contributed by atoms with Crippen LogP contribution in [-0.2, 0) is 0 Å². The molecule has 2 N–H and O–H groups in total. The Labute approximate surface area is 131 Å². The third-order valence-electron chi connectivity index (χ3n) is 3.64. The summed E-state index contributed by atoms with van der Waals surface area (Å²) in [5.41, 5.74) is 1.65. The van der Waals surface area contributed by atoms with Crippen molar-refractivity contribution in [2.45, 2.75) is 6.92 Å². The number of aryl methyl sites for hydroxylation is 1. The van der Waals surface area contributed by atoms with E-state index in [1.54, 1.807) is 36.4 Å². The van der Waals surface area contributed by atoms with Crippen molar-refractivity contribution in [3.63, 3.8) is 0 Å². The maximum absolute atomic E-state index is 12.4. The van der Waals surface area contributed by atoms with Crippen molar-refractivity contribution in [1.82, 2.24) is 4.98 Å². The summed E-state index contributed by atoms with van der Waals surface area (Å²) in [5.74, 6) is 0.441. The van der Waals surface area contributed by atoms with E-state index in [0.29, 0.717) is 27.2 Å². The number of H-pyrrole nitrogens is 1. The van der Waals surface area contributed by atoms with Gasteiger partial charge in [0.05, 0.1) is 18.2 Å². The molecule has 22 heavy (non-hydrogen) atoms. The second-order valence-corrected chi connectivity index (χ2v) is 5.43. The Morgan fingerprint density at radius 2 is 1.95 bits per heavy atom. The van der Waals surface area contributed by atoms with E-state index < -0.39 is 5.56 Å². The molecule has 0 fully saturated rings. The second-order valence-electron chi connectivity index (χ2n) is 5.02. The smallest absolute Gasteiger partial charge is 0.260 e. The number of hydrogen-bond acceptors (Lipinski definition) is 3. The Morgan fingerprint density at radius 3 is 2.68 bits per heavy atom. The van der Waals surface area contributed by atoms with Gasteiger partial charge in [0, 0.05) is 16.0 Å². The lowest BCUT2D eigenvalue weighted by Gasteiger charge is -2.12. The molecule has 3 rings (SSSR count). The average molecular weight is 316 g/mol. The van der Waals surface area contributed by atoms with Crippen LogP contribution in [-0.4, -0.2) is 17.2 Å². The van der Waals surface area contributed by atoms with Crippen LogP contribution in [0, 0.1) is 6.92 Å². The molecule has 0 saturated carbocycles. The molecule has 3 aromatic rings. The molecule has 0 spiro atoms. The molecule has 0 bridgehead atoms. The van der Waals surface area contributed by atoms with E-state index in [1.165, 1.54) is 7.11 Å². The van der Waals surface area contributed by atoms with E-state index in [4.69, 9.17) is 16.3 Å². The van der Waals surface area contributed by atoms with Gasteiger partial charge in [-0.15, -0.1) is 0 Å². The standard InChI is InChI=1S/C17H14ClNO3/c1-9-7-11-13(8-12(9)18)19-17(21)15(16(11)20)10-5-3-4-6-14(10)22-2/h3-8H,1-2H3,(H2,19,20,21). The zero-order valence-corrected chi connectivity index (χ0v) is 12.9. The highest BCUT2D eigenvalue weighted by Crippen LogP contribution is 2.37. The number of aromatic amines is 1. The fourth-order valence-electron chi connectivity index (χ4n) is 2.51. The van der Waals surface area contributed by atoms with Crippen LogP contribution in [0.5, 0.6) is 11.5 Å². The molecular weight excluding hydrogens is 302 g/mol. The number of nitrogens with one attached hydrogen (secondary N) is 1. The van der Waals surface area contributed by atoms with Crippen molar-refractivity contribution in [1.29, 1.82) is 0 Å². The van der Waals surface area contributed by atoms with Crippen molar-refractivity contribution in [2.24, 2.45) is 0 Å². The Morgan fingerprint density at radius 1 is 1.23 bits per heavy atom. The van der Waals surface area contributed by atoms with Gasteiger partial charge in [0.2, 0.25) is 0 Å². The summed E-state index contributed by atoms with van der Waals surface area (Å²) >= 11 is 6.07. The fourth-order valence-corrected chi connectivity index (χ4v) is 2.67. The highest BCUT2D eigenvalue weighted by molar-refractivity contribution is 6.32. The number of pyridine rings is 1. The summed E-state index contributed by atoms with van der Waals surface area (Å²) in [7, 11) is 1.52. The van der Waals surface area contributed by atoms with Crippen LogP contribution in [0.25, 0.3) is 22.0 Å². The number of ether oxygens (including phenoxy) is 1. The van der Waals surface area contributed by atoms with Crippen molar-refractivity contribution in [2.75, 3.05) is 7.11 Å². The van der Waals surface area contributed by atoms with Crippen LogP contribution in [0.1, 0.15) is 5.56 Å². The lowest BCUT2D eigenvalue weighted by molar-refractivity contribution is 0.415. The number of para-hydroxylation sites is 1. The van der Waals surface area contributed by atoms with Crippen molar-refractivity contribution in [3.05, 3.63) is 57.3 Å². The van der Waals surface area contributed by atoms with Crippen LogP contribution in [0.4, 0.5) is 0 Å². The molecular formula is C17H14ClNO3. The highest BCUT2D eigenvalue weighted by atomic mass is 35.5. The highest BCUT2D eigenvalue weighted by Gasteiger charge is 2.17. The molecule has 4 nitrogen and oxygen atoms in total. The Hall–Kier alpha value is -2.46. The van der Waals surface area contributed by atoms with E-state index in [2.05, 4.69) is 4.98 Å². The van der Waals surface area contributed by atoms with Gasteiger partial charge in [-0.1, -0.05) is 29.8 Å². The van der Waals surface area contributed by atoms with Gasteiger partial charge in [-0.2, -0.15) is 0 Å². The SMILES string of the molecule is COc1ccccc1-c1c(O)c2cc(C)c(Cl)cc2[nH]c1=O. The van der Waals surface area contributed by atoms with Crippen molar-refractivity contribution in [3.8, 4) is 22.6 Å². The monoisotopic (exact) mass is 315 g/mol. The van der Waals surface area contributed by atoms with Gasteiger partial charge in [-0.25, -0.2) is 0 Å². The molecule has 0 amide bonds. The molecule has 112 valence electrons. The summed E-state index contributed by atoms with van der Waals surface area (Å²) in [6, 6.07) is 10.5. The largest absolute Gasteiger partial charge is 0.506 e.